The lowest BCUT2D eigenvalue weighted by atomic mass is 10.1. The number of benzene rings is 2. The summed E-state index contributed by atoms with van der Waals surface area (Å²) >= 11 is 0. The molecule has 24 heavy (non-hydrogen) atoms. The van der Waals surface area contributed by atoms with Crippen LogP contribution in [0.2, 0.25) is 0 Å². The average molecular weight is 337 g/mol. The van der Waals surface area contributed by atoms with Crippen molar-refractivity contribution in [2.45, 2.75) is 13.0 Å². The van der Waals surface area contributed by atoms with E-state index < -0.39 is 6.36 Å². The lowest BCUT2D eigenvalue weighted by molar-refractivity contribution is -0.274. The Morgan fingerprint density at radius 1 is 1.08 bits per heavy atom. The number of hydrogen-bond donors (Lipinski definition) is 0. The van der Waals surface area contributed by atoms with Gasteiger partial charge in [-0.1, -0.05) is 11.2 Å². The molecule has 0 fully saturated rings. The van der Waals surface area contributed by atoms with Crippen molar-refractivity contribution < 1.29 is 32.0 Å². The molecule has 0 spiro atoms. The van der Waals surface area contributed by atoms with Crippen molar-refractivity contribution >= 4 is 17.3 Å². The van der Waals surface area contributed by atoms with Crippen molar-refractivity contribution in [1.82, 2.24) is 5.16 Å². The molecular formula is C16H10F3NO4. The molecule has 0 radical (unpaired) electrons. The fourth-order valence-electron chi connectivity index (χ4n) is 2.07. The summed E-state index contributed by atoms with van der Waals surface area (Å²) < 4.78 is 50.6. The van der Waals surface area contributed by atoms with Gasteiger partial charge in [-0.3, -0.25) is 4.79 Å². The summed E-state index contributed by atoms with van der Waals surface area (Å²) in [6.45, 7) is 0.0624. The van der Waals surface area contributed by atoms with E-state index in [4.69, 9.17) is 9.26 Å². The first-order valence-corrected chi connectivity index (χ1v) is 6.77. The molecule has 0 amide bonds. The maximum atomic E-state index is 12.1. The lowest BCUT2D eigenvalue weighted by Gasteiger charge is -2.09. The third-order valence-electron chi connectivity index (χ3n) is 3.14. The normalized spacial score (nSPS) is 11.5. The van der Waals surface area contributed by atoms with Crippen molar-refractivity contribution in [3.05, 3.63) is 53.7 Å². The van der Waals surface area contributed by atoms with E-state index in [2.05, 4.69) is 9.89 Å². The Balaban J connectivity index is 1.68. The first-order valence-electron chi connectivity index (χ1n) is 6.77. The lowest BCUT2D eigenvalue weighted by Crippen LogP contribution is -2.16. The Bertz CT molecular complexity index is 856. The molecule has 5 nitrogen and oxygen atoms in total. The summed E-state index contributed by atoms with van der Waals surface area (Å²) in [6.07, 6.45) is -4.04. The number of carbonyl (C=O) groups is 1. The summed E-state index contributed by atoms with van der Waals surface area (Å²) in [6, 6.07) is 9.89. The van der Waals surface area contributed by atoms with Crippen molar-refractivity contribution in [2.75, 3.05) is 0 Å². The molecule has 0 saturated carbocycles. The molecule has 0 saturated heterocycles. The number of hydrogen-bond acceptors (Lipinski definition) is 5. The van der Waals surface area contributed by atoms with Gasteiger partial charge in [0, 0.05) is 10.9 Å². The van der Waals surface area contributed by atoms with E-state index in [1.165, 1.54) is 12.1 Å². The molecule has 3 rings (SSSR count). The smallest absolute Gasteiger partial charge is 0.487 e. The highest BCUT2D eigenvalue weighted by molar-refractivity contribution is 5.86. The molecule has 1 aromatic heterocycles. The maximum absolute atomic E-state index is 12.1. The molecule has 3 aromatic rings. The highest BCUT2D eigenvalue weighted by atomic mass is 19.4. The van der Waals surface area contributed by atoms with E-state index in [1.807, 2.05) is 0 Å². The average Bonchev–Trinajstić information content (AvgIpc) is 2.95. The van der Waals surface area contributed by atoms with Gasteiger partial charge in [-0.2, -0.15) is 0 Å². The number of ether oxygens (including phenoxy) is 2. The van der Waals surface area contributed by atoms with Gasteiger partial charge in [0.1, 0.15) is 30.1 Å². The van der Waals surface area contributed by atoms with Gasteiger partial charge in [0.2, 0.25) is 0 Å². The zero-order valence-electron chi connectivity index (χ0n) is 12.0. The van der Waals surface area contributed by atoms with Crippen LogP contribution in [0.5, 0.6) is 11.5 Å². The summed E-state index contributed by atoms with van der Waals surface area (Å²) in [4.78, 5) is 10.7. The third-order valence-corrected chi connectivity index (χ3v) is 3.14. The number of halogens is 3. The van der Waals surface area contributed by atoms with Crippen LogP contribution in [-0.4, -0.2) is 17.8 Å². The van der Waals surface area contributed by atoms with Crippen LogP contribution in [0.1, 0.15) is 16.1 Å². The molecule has 0 aliphatic heterocycles. The van der Waals surface area contributed by atoms with Gasteiger partial charge in [-0.25, -0.2) is 0 Å². The van der Waals surface area contributed by atoms with Crippen LogP contribution in [0.4, 0.5) is 13.2 Å². The Labute approximate surface area is 133 Å². The van der Waals surface area contributed by atoms with Crippen LogP contribution in [0.15, 0.2) is 47.0 Å². The van der Waals surface area contributed by atoms with Crippen LogP contribution in [-0.2, 0) is 6.61 Å². The molecule has 1 heterocycles. The summed E-state index contributed by atoms with van der Waals surface area (Å²) in [5.74, 6) is 0.0216. The molecule has 0 unspecified atom stereocenters. The van der Waals surface area contributed by atoms with E-state index >= 15 is 0 Å². The molecule has 8 heteroatoms. The van der Waals surface area contributed by atoms with Gasteiger partial charge in [0.15, 0.2) is 5.58 Å². The van der Waals surface area contributed by atoms with E-state index in [9.17, 15) is 18.0 Å². The Morgan fingerprint density at radius 2 is 1.79 bits per heavy atom. The number of alkyl halides is 3. The van der Waals surface area contributed by atoms with Crippen molar-refractivity contribution in [3.63, 3.8) is 0 Å². The highest BCUT2D eigenvalue weighted by Crippen LogP contribution is 2.26. The number of nitrogens with zero attached hydrogens (tertiary/aromatic N) is 1. The van der Waals surface area contributed by atoms with Gasteiger partial charge in [0.05, 0.1) is 0 Å². The second-order valence-corrected chi connectivity index (χ2v) is 4.81. The molecule has 2 aromatic carbocycles. The van der Waals surface area contributed by atoms with Gasteiger partial charge in [-0.05, 0) is 36.4 Å². The Hall–Kier alpha value is -3.03. The SMILES string of the molecule is O=Cc1ccc2c(COc3ccc(OC(F)(F)F)cc3)noc2c1. The first kappa shape index (κ1) is 15.9. The van der Waals surface area contributed by atoms with Crippen molar-refractivity contribution in [3.8, 4) is 11.5 Å². The molecule has 124 valence electrons. The van der Waals surface area contributed by atoms with Crippen molar-refractivity contribution in [1.29, 1.82) is 0 Å². The fourth-order valence-corrected chi connectivity index (χ4v) is 2.07. The van der Waals surface area contributed by atoms with Crippen LogP contribution in [0.3, 0.4) is 0 Å². The van der Waals surface area contributed by atoms with Crippen molar-refractivity contribution in [2.24, 2.45) is 0 Å². The second kappa shape index (κ2) is 6.23. The number of fused-ring (bicyclic) bond motifs is 1. The first-order chi connectivity index (χ1) is 11.4. The topological polar surface area (TPSA) is 61.6 Å². The van der Waals surface area contributed by atoms with E-state index in [0.717, 1.165) is 12.1 Å². The van der Waals surface area contributed by atoms with E-state index in [0.29, 0.717) is 34.3 Å². The molecule has 0 atom stereocenters. The molecule has 0 bridgehead atoms. The quantitative estimate of drug-likeness (QED) is 0.656. The minimum Gasteiger partial charge on any atom is -0.487 e. The Kier molecular flexibility index (Phi) is 4.11. The van der Waals surface area contributed by atoms with Gasteiger partial charge < -0.3 is 14.0 Å². The molecule has 0 aliphatic rings. The zero-order chi connectivity index (χ0) is 17.2. The Morgan fingerprint density at radius 3 is 2.46 bits per heavy atom. The zero-order valence-corrected chi connectivity index (χ0v) is 12.0. The van der Waals surface area contributed by atoms with Gasteiger partial charge in [-0.15, -0.1) is 13.2 Å². The predicted octanol–water partition coefficient (Wildman–Crippen LogP) is 4.12. The fraction of sp³-hybridized carbons (Fsp3) is 0.125. The van der Waals surface area contributed by atoms with E-state index in [1.54, 1.807) is 18.2 Å². The highest BCUT2D eigenvalue weighted by Gasteiger charge is 2.30. The van der Waals surface area contributed by atoms with Crippen LogP contribution < -0.4 is 9.47 Å². The van der Waals surface area contributed by atoms with Crippen LogP contribution >= 0.6 is 0 Å². The van der Waals surface area contributed by atoms with E-state index in [-0.39, 0.29) is 12.4 Å². The monoisotopic (exact) mass is 337 g/mol. The number of carbonyl (C=O) groups excluding carboxylic acids is 1. The maximum Gasteiger partial charge on any atom is 0.573 e. The van der Waals surface area contributed by atoms with Gasteiger partial charge in [0.25, 0.3) is 0 Å². The standard InChI is InChI=1S/C16H10F3NO4/c17-16(18,19)23-12-4-2-11(3-5-12)22-9-14-13-6-1-10(8-21)7-15(13)24-20-14/h1-8H,9H2. The summed E-state index contributed by atoms with van der Waals surface area (Å²) in [7, 11) is 0. The molecule has 0 N–H and O–H groups in total. The number of aromatic nitrogens is 1. The van der Waals surface area contributed by atoms with Crippen LogP contribution in [0, 0.1) is 0 Å². The predicted molar refractivity (Wildman–Crippen MR) is 76.9 cm³/mol. The largest absolute Gasteiger partial charge is 0.573 e. The molecule has 0 aliphatic carbocycles. The number of rotatable bonds is 5. The minimum absolute atomic E-state index is 0.0624. The summed E-state index contributed by atoms with van der Waals surface area (Å²) in [5.41, 5.74) is 1.43. The third kappa shape index (κ3) is 3.65. The molecular weight excluding hydrogens is 327 g/mol. The summed E-state index contributed by atoms with van der Waals surface area (Å²) in [5, 5.41) is 4.55. The minimum atomic E-state index is -4.73. The van der Waals surface area contributed by atoms with Crippen LogP contribution in [0.25, 0.3) is 11.0 Å². The second-order valence-electron chi connectivity index (χ2n) is 4.81. The van der Waals surface area contributed by atoms with Gasteiger partial charge >= 0.3 is 6.36 Å². The number of aldehydes is 1.